The van der Waals surface area contributed by atoms with Gasteiger partial charge in [-0.15, -0.1) is 0 Å². The number of amides is 1. The molecule has 32 heavy (non-hydrogen) atoms. The Bertz CT molecular complexity index is 1240. The fraction of sp³-hybridized carbons (Fsp3) is 0.217. The van der Waals surface area contributed by atoms with Crippen LogP contribution in [0.4, 0.5) is 0 Å². The summed E-state index contributed by atoms with van der Waals surface area (Å²) in [6, 6.07) is 21.8. The smallest absolute Gasteiger partial charge is 0.263 e. The van der Waals surface area contributed by atoms with Gasteiger partial charge in [-0.25, -0.2) is 8.42 Å². The van der Waals surface area contributed by atoms with Crippen molar-refractivity contribution in [1.82, 2.24) is 9.21 Å². The highest BCUT2D eigenvalue weighted by Gasteiger charge is 2.30. The van der Waals surface area contributed by atoms with Crippen LogP contribution < -0.4 is 5.73 Å². The van der Waals surface area contributed by atoms with Crippen molar-refractivity contribution in [2.45, 2.75) is 4.90 Å². The van der Waals surface area contributed by atoms with Crippen molar-refractivity contribution >= 4 is 32.5 Å². The number of amidine groups is 1. The number of sulfonamides is 1. The van der Waals surface area contributed by atoms with E-state index in [1.165, 1.54) is 4.31 Å². The Balaban J connectivity index is 1.33. The first-order chi connectivity index (χ1) is 15.4. The molecule has 1 heterocycles. The van der Waals surface area contributed by atoms with Crippen molar-refractivity contribution in [1.29, 1.82) is 0 Å². The molecular formula is C23H24N4O4S. The highest BCUT2D eigenvalue weighted by molar-refractivity contribution is 7.89. The number of oxime groups is 1. The molecule has 0 unspecified atom stereocenters. The van der Waals surface area contributed by atoms with E-state index in [2.05, 4.69) is 5.16 Å². The number of nitrogens with zero attached hydrogens (tertiary/aromatic N) is 3. The van der Waals surface area contributed by atoms with Gasteiger partial charge < -0.3 is 15.5 Å². The third-order valence-corrected chi connectivity index (χ3v) is 7.27. The van der Waals surface area contributed by atoms with Crippen molar-refractivity contribution in [3.8, 4) is 0 Å². The molecule has 166 valence electrons. The van der Waals surface area contributed by atoms with E-state index in [-0.39, 0.29) is 49.4 Å². The molecule has 0 saturated carbocycles. The average Bonchev–Trinajstić information content (AvgIpc) is 2.84. The first-order valence-corrected chi connectivity index (χ1v) is 11.7. The number of hydrogen-bond donors (Lipinski definition) is 1. The van der Waals surface area contributed by atoms with Gasteiger partial charge in [0.05, 0.1) is 4.90 Å². The lowest BCUT2D eigenvalue weighted by molar-refractivity contribution is -0.137. The number of nitrogens with two attached hydrogens (primary N) is 1. The van der Waals surface area contributed by atoms with E-state index in [1.54, 1.807) is 35.2 Å². The molecule has 1 saturated heterocycles. The number of carbonyl (C=O) groups is 1. The van der Waals surface area contributed by atoms with Crippen LogP contribution in [0.25, 0.3) is 10.8 Å². The molecule has 4 rings (SSSR count). The van der Waals surface area contributed by atoms with Crippen molar-refractivity contribution in [2.24, 2.45) is 10.9 Å². The number of hydrogen-bond acceptors (Lipinski definition) is 5. The summed E-state index contributed by atoms with van der Waals surface area (Å²) in [6.45, 7) is 0.747. The zero-order valence-electron chi connectivity index (χ0n) is 17.4. The Morgan fingerprint density at radius 3 is 2.28 bits per heavy atom. The van der Waals surface area contributed by atoms with Crippen LogP contribution in [0.1, 0.15) is 5.56 Å². The van der Waals surface area contributed by atoms with Crippen LogP contribution >= 0.6 is 0 Å². The number of rotatable bonds is 6. The first-order valence-electron chi connectivity index (χ1n) is 10.2. The Labute approximate surface area is 186 Å². The largest absolute Gasteiger partial charge is 0.384 e. The first kappa shape index (κ1) is 21.8. The van der Waals surface area contributed by atoms with E-state index in [0.717, 1.165) is 10.8 Å². The molecule has 0 spiro atoms. The van der Waals surface area contributed by atoms with Gasteiger partial charge in [0, 0.05) is 31.7 Å². The standard InChI is InChI=1S/C23H24N4O4S/c24-23(19-7-2-1-3-8-19)25-31-17-22(28)26-12-14-27(15-13-26)32(29,30)21-11-10-18-6-4-5-9-20(18)16-21/h1-11,16H,12-15,17H2,(H2,24,25). The maximum Gasteiger partial charge on any atom is 0.263 e. The second kappa shape index (κ2) is 9.37. The van der Waals surface area contributed by atoms with Crippen LogP contribution in [-0.2, 0) is 19.7 Å². The molecule has 0 aliphatic carbocycles. The molecule has 2 N–H and O–H groups in total. The minimum atomic E-state index is -3.64. The topological polar surface area (TPSA) is 105 Å². The molecule has 0 radical (unpaired) electrons. The van der Waals surface area contributed by atoms with Crippen molar-refractivity contribution < 1.29 is 18.0 Å². The highest BCUT2D eigenvalue weighted by Crippen LogP contribution is 2.22. The minimum Gasteiger partial charge on any atom is -0.384 e. The van der Waals surface area contributed by atoms with Crippen LogP contribution in [0.5, 0.6) is 0 Å². The molecule has 0 bridgehead atoms. The molecule has 3 aromatic rings. The van der Waals surface area contributed by atoms with E-state index in [9.17, 15) is 13.2 Å². The van der Waals surface area contributed by atoms with E-state index in [1.807, 2.05) is 42.5 Å². The van der Waals surface area contributed by atoms with Gasteiger partial charge in [-0.1, -0.05) is 65.8 Å². The highest BCUT2D eigenvalue weighted by atomic mass is 32.2. The second-order valence-corrected chi connectivity index (χ2v) is 9.35. The lowest BCUT2D eigenvalue weighted by Gasteiger charge is -2.33. The average molecular weight is 453 g/mol. The molecule has 9 heteroatoms. The normalized spacial score (nSPS) is 15.6. The number of piperazine rings is 1. The molecular weight excluding hydrogens is 428 g/mol. The fourth-order valence-electron chi connectivity index (χ4n) is 3.56. The SMILES string of the molecule is N/C(=N\OCC(=O)N1CCN(S(=O)(=O)c2ccc3ccccc3c2)CC1)c1ccccc1. The van der Waals surface area contributed by atoms with Crippen LogP contribution in [0.3, 0.4) is 0 Å². The Hall–Kier alpha value is -3.43. The summed E-state index contributed by atoms with van der Waals surface area (Å²) in [5, 5.41) is 5.64. The lowest BCUT2D eigenvalue weighted by atomic mass is 10.1. The Kier molecular flexibility index (Phi) is 6.38. The molecule has 0 aromatic heterocycles. The molecule has 1 amide bonds. The summed E-state index contributed by atoms with van der Waals surface area (Å²) in [5.41, 5.74) is 6.54. The third kappa shape index (κ3) is 4.74. The Morgan fingerprint density at radius 1 is 0.906 bits per heavy atom. The Morgan fingerprint density at radius 2 is 1.56 bits per heavy atom. The van der Waals surface area contributed by atoms with Gasteiger partial charge in [0.1, 0.15) is 0 Å². The summed E-state index contributed by atoms with van der Waals surface area (Å²) in [6.07, 6.45) is 0. The zero-order chi connectivity index (χ0) is 22.6. The van der Waals surface area contributed by atoms with Gasteiger partial charge in [-0.3, -0.25) is 4.79 Å². The number of fused-ring (bicyclic) bond motifs is 1. The second-order valence-electron chi connectivity index (χ2n) is 7.41. The maximum absolute atomic E-state index is 13.1. The van der Waals surface area contributed by atoms with Gasteiger partial charge in [0.2, 0.25) is 10.0 Å². The van der Waals surface area contributed by atoms with Crippen LogP contribution in [0.15, 0.2) is 82.8 Å². The quantitative estimate of drug-likeness (QED) is 0.350. The zero-order valence-corrected chi connectivity index (χ0v) is 18.2. The van der Waals surface area contributed by atoms with Crippen LogP contribution in [0.2, 0.25) is 0 Å². The van der Waals surface area contributed by atoms with Gasteiger partial charge in [-0.05, 0) is 22.9 Å². The monoisotopic (exact) mass is 452 g/mol. The van der Waals surface area contributed by atoms with Crippen LogP contribution in [-0.4, -0.2) is 62.2 Å². The summed E-state index contributed by atoms with van der Waals surface area (Å²) in [4.78, 5) is 19.3. The molecule has 1 aliphatic rings. The maximum atomic E-state index is 13.1. The van der Waals surface area contributed by atoms with Crippen LogP contribution in [0, 0.1) is 0 Å². The fourth-order valence-corrected chi connectivity index (χ4v) is 5.02. The number of carbonyl (C=O) groups excluding carboxylic acids is 1. The number of benzene rings is 3. The van der Waals surface area contributed by atoms with Crippen molar-refractivity contribution in [3.05, 3.63) is 78.4 Å². The molecule has 8 nitrogen and oxygen atoms in total. The van der Waals surface area contributed by atoms with Gasteiger partial charge in [0.15, 0.2) is 12.4 Å². The summed E-state index contributed by atoms with van der Waals surface area (Å²) in [5.74, 6) is -0.0814. The predicted octanol–water partition coefficient (Wildman–Crippen LogP) is 2.01. The molecule has 0 atom stereocenters. The van der Waals surface area contributed by atoms with Gasteiger partial charge in [0.25, 0.3) is 5.91 Å². The summed E-state index contributed by atoms with van der Waals surface area (Å²) >= 11 is 0. The predicted molar refractivity (Wildman–Crippen MR) is 122 cm³/mol. The van der Waals surface area contributed by atoms with Gasteiger partial charge >= 0.3 is 0 Å². The third-order valence-electron chi connectivity index (χ3n) is 5.37. The lowest BCUT2D eigenvalue weighted by Crippen LogP contribution is -2.51. The van der Waals surface area contributed by atoms with E-state index >= 15 is 0 Å². The minimum absolute atomic E-state index is 0.185. The van der Waals surface area contributed by atoms with E-state index < -0.39 is 10.0 Å². The van der Waals surface area contributed by atoms with Gasteiger partial charge in [-0.2, -0.15) is 4.31 Å². The summed E-state index contributed by atoms with van der Waals surface area (Å²) in [7, 11) is -3.64. The molecule has 1 fully saturated rings. The van der Waals surface area contributed by atoms with Crippen molar-refractivity contribution in [2.75, 3.05) is 32.8 Å². The summed E-state index contributed by atoms with van der Waals surface area (Å²) < 4.78 is 27.5. The molecule has 3 aromatic carbocycles. The molecule has 1 aliphatic heterocycles. The van der Waals surface area contributed by atoms with Crippen molar-refractivity contribution in [3.63, 3.8) is 0 Å². The van der Waals surface area contributed by atoms with E-state index in [0.29, 0.717) is 5.56 Å². The van der Waals surface area contributed by atoms with E-state index in [4.69, 9.17) is 10.6 Å².